The average molecular weight is 268 g/mol. The molecule has 1 saturated heterocycles. The van der Waals surface area contributed by atoms with Crippen molar-refractivity contribution in [3.8, 4) is 0 Å². The number of piperidine rings is 1. The predicted molar refractivity (Wildman–Crippen MR) is 80.5 cm³/mol. The summed E-state index contributed by atoms with van der Waals surface area (Å²) in [5, 5.41) is 3.67. The number of nitrogens with one attached hydrogen (secondary N) is 1. The maximum absolute atomic E-state index is 5.78. The van der Waals surface area contributed by atoms with Crippen LogP contribution in [0.15, 0.2) is 0 Å². The molecular weight excluding hydrogens is 236 g/mol. The highest BCUT2D eigenvalue weighted by Gasteiger charge is 2.30. The van der Waals surface area contributed by atoms with Gasteiger partial charge >= 0.3 is 0 Å². The molecule has 0 aromatic rings. The zero-order valence-electron chi connectivity index (χ0n) is 12.9. The van der Waals surface area contributed by atoms with Crippen LogP contribution in [0.5, 0.6) is 0 Å². The second-order valence-electron chi connectivity index (χ2n) is 6.67. The van der Waals surface area contributed by atoms with Gasteiger partial charge in [0.1, 0.15) is 0 Å². The van der Waals surface area contributed by atoms with Gasteiger partial charge in [-0.25, -0.2) is 0 Å². The quantitative estimate of drug-likeness (QED) is 0.651. The molecule has 1 atom stereocenters. The second-order valence-corrected chi connectivity index (χ2v) is 6.67. The first-order valence-corrected chi connectivity index (χ1v) is 8.31. The molecule has 0 aromatic heterocycles. The summed E-state index contributed by atoms with van der Waals surface area (Å²) >= 11 is 0. The summed E-state index contributed by atoms with van der Waals surface area (Å²) in [6, 6.07) is 1.59. The Labute approximate surface area is 119 Å². The molecule has 2 fully saturated rings. The van der Waals surface area contributed by atoms with Gasteiger partial charge in [0, 0.05) is 31.8 Å². The third-order valence-corrected chi connectivity index (χ3v) is 4.29. The monoisotopic (exact) mass is 268 g/mol. The van der Waals surface area contributed by atoms with E-state index in [1.54, 1.807) is 0 Å². The van der Waals surface area contributed by atoms with Crippen LogP contribution in [0.3, 0.4) is 0 Å². The first-order chi connectivity index (χ1) is 9.25. The number of hydrogen-bond acceptors (Lipinski definition) is 3. The van der Waals surface area contributed by atoms with Crippen molar-refractivity contribution in [3.05, 3.63) is 0 Å². The largest absolute Gasteiger partial charge is 0.380 e. The molecule has 2 aliphatic rings. The summed E-state index contributed by atoms with van der Waals surface area (Å²) in [5.74, 6) is 0.756. The molecule has 0 radical (unpaired) electrons. The van der Waals surface area contributed by atoms with Crippen LogP contribution in [-0.4, -0.2) is 49.8 Å². The van der Waals surface area contributed by atoms with E-state index in [4.69, 9.17) is 4.74 Å². The fourth-order valence-electron chi connectivity index (χ4n) is 2.83. The van der Waals surface area contributed by atoms with Crippen molar-refractivity contribution in [2.45, 2.75) is 64.5 Å². The van der Waals surface area contributed by atoms with Gasteiger partial charge in [0.2, 0.25) is 0 Å². The van der Waals surface area contributed by atoms with Crippen LogP contribution in [0.1, 0.15) is 52.4 Å². The molecule has 0 bridgehead atoms. The predicted octanol–water partition coefficient (Wildman–Crippen LogP) is 2.66. The first-order valence-electron chi connectivity index (χ1n) is 8.31. The first kappa shape index (κ1) is 15.3. The van der Waals surface area contributed by atoms with Crippen molar-refractivity contribution < 1.29 is 4.74 Å². The molecule has 0 amide bonds. The van der Waals surface area contributed by atoms with Gasteiger partial charge in [-0.3, -0.25) is 4.90 Å². The van der Waals surface area contributed by atoms with Crippen molar-refractivity contribution in [1.82, 2.24) is 10.2 Å². The standard InChI is InChI=1S/C16H32N2O/c1-14(2)8-11-19-12-10-18(16-6-7-16)13-15-5-3-4-9-17-15/h14-17H,3-13H2,1-2H3. The SMILES string of the molecule is CC(C)CCOCCN(CC1CCCCN1)C1CC1. The highest BCUT2D eigenvalue weighted by molar-refractivity contribution is 4.87. The van der Waals surface area contributed by atoms with Gasteiger partial charge in [0.25, 0.3) is 0 Å². The summed E-state index contributed by atoms with van der Waals surface area (Å²) in [7, 11) is 0. The minimum absolute atomic E-state index is 0.727. The van der Waals surface area contributed by atoms with Gasteiger partial charge in [-0.1, -0.05) is 20.3 Å². The number of nitrogens with zero attached hydrogens (tertiary/aromatic N) is 1. The third-order valence-electron chi connectivity index (χ3n) is 4.29. The number of hydrogen-bond donors (Lipinski definition) is 1. The summed E-state index contributed by atoms with van der Waals surface area (Å²) in [6.07, 6.45) is 8.11. The van der Waals surface area contributed by atoms with E-state index in [1.807, 2.05) is 0 Å². The van der Waals surface area contributed by atoms with Crippen molar-refractivity contribution in [2.24, 2.45) is 5.92 Å². The molecule has 0 aromatic carbocycles. The van der Waals surface area contributed by atoms with Crippen molar-refractivity contribution in [2.75, 3.05) is 32.8 Å². The van der Waals surface area contributed by atoms with E-state index in [1.165, 1.54) is 51.6 Å². The van der Waals surface area contributed by atoms with E-state index in [0.29, 0.717) is 0 Å². The average Bonchev–Trinajstić information content (AvgIpc) is 3.22. The molecular formula is C16H32N2O. The van der Waals surface area contributed by atoms with E-state index in [9.17, 15) is 0 Å². The highest BCUT2D eigenvalue weighted by atomic mass is 16.5. The fraction of sp³-hybridized carbons (Fsp3) is 1.00. The van der Waals surface area contributed by atoms with Gasteiger partial charge in [-0.05, 0) is 44.6 Å². The fourth-order valence-corrected chi connectivity index (χ4v) is 2.83. The molecule has 1 aliphatic heterocycles. The lowest BCUT2D eigenvalue weighted by Crippen LogP contribution is -2.45. The van der Waals surface area contributed by atoms with Gasteiger partial charge in [-0.2, -0.15) is 0 Å². The molecule has 1 N–H and O–H groups in total. The van der Waals surface area contributed by atoms with Gasteiger partial charge in [-0.15, -0.1) is 0 Å². The maximum Gasteiger partial charge on any atom is 0.0593 e. The zero-order chi connectivity index (χ0) is 13.5. The van der Waals surface area contributed by atoms with Gasteiger partial charge < -0.3 is 10.1 Å². The highest BCUT2D eigenvalue weighted by Crippen LogP contribution is 2.27. The molecule has 112 valence electrons. The third kappa shape index (κ3) is 6.24. The maximum atomic E-state index is 5.78. The Morgan fingerprint density at radius 2 is 2.00 bits per heavy atom. The van der Waals surface area contributed by atoms with Crippen LogP contribution in [0, 0.1) is 5.92 Å². The molecule has 3 nitrogen and oxygen atoms in total. The van der Waals surface area contributed by atoms with E-state index >= 15 is 0 Å². The van der Waals surface area contributed by atoms with Crippen molar-refractivity contribution >= 4 is 0 Å². The molecule has 1 saturated carbocycles. The van der Waals surface area contributed by atoms with Crippen LogP contribution in [0.4, 0.5) is 0 Å². The van der Waals surface area contributed by atoms with Crippen molar-refractivity contribution in [3.63, 3.8) is 0 Å². The summed E-state index contributed by atoms with van der Waals surface area (Å²) in [4.78, 5) is 2.67. The Morgan fingerprint density at radius 1 is 1.16 bits per heavy atom. The minimum atomic E-state index is 0.727. The van der Waals surface area contributed by atoms with E-state index in [0.717, 1.165) is 37.8 Å². The normalized spacial score (nSPS) is 24.3. The van der Waals surface area contributed by atoms with E-state index < -0.39 is 0 Å². The lowest BCUT2D eigenvalue weighted by molar-refractivity contribution is 0.0885. The molecule has 1 unspecified atom stereocenters. The van der Waals surface area contributed by atoms with E-state index in [-0.39, 0.29) is 0 Å². The van der Waals surface area contributed by atoms with Crippen molar-refractivity contribution in [1.29, 1.82) is 0 Å². The number of rotatable bonds is 9. The Morgan fingerprint density at radius 3 is 2.63 bits per heavy atom. The zero-order valence-corrected chi connectivity index (χ0v) is 12.9. The second kappa shape index (κ2) is 8.23. The summed E-state index contributed by atoms with van der Waals surface area (Å²) in [6.45, 7) is 9.93. The Kier molecular flexibility index (Phi) is 6.62. The number of ether oxygens (including phenoxy) is 1. The van der Waals surface area contributed by atoms with Crippen LogP contribution in [0.25, 0.3) is 0 Å². The van der Waals surface area contributed by atoms with Gasteiger partial charge in [0.15, 0.2) is 0 Å². The molecule has 2 rings (SSSR count). The lowest BCUT2D eigenvalue weighted by atomic mass is 10.0. The minimum Gasteiger partial charge on any atom is -0.380 e. The molecule has 19 heavy (non-hydrogen) atoms. The van der Waals surface area contributed by atoms with Crippen LogP contribution >= 0.6 is 0 Å². The van der Waals surface area contributed by atoms with Crippen LogP contribution in [-0.2, 0) is 4.74 Å². The van der Waals surface area contributed by atoms with E-state index in [2.05, 4.69) is 24.1 Å². The summed E-state index contributed by atoms with van der Waals surface area (Å²) in [5.41, 5.74) is 0. The topological polar surface area (TPSA) is 24.5 Å². The molecule has 3 heteroatoms. The van der Waals surface area contributed by atoms with Crippen LogP contribution in [0.2, 0.25) is 0 Å². The molecule has 1 aliphatic carbocycles. The summed E-state index contributed by atoms with van der Waals surface area (Å²) < 4.78 is 5.78. The Hall–Kier alpha value is -0.120. The molecule has 0 spiro atoms. The smallest absolute Gasteiger partial charge is 0.0593 e. The molecule has 1 heterocycles. The Bertz CT molecular complexity index is 235. The van der Waals surface area contributed by atoms with Crippen LogP contribution < -0.4 is 5.32 Å². The van der Waals surface area contributed by atoms with Gasteiger partial charge in [0.05, 0.1) is 6.61 Å². The lowest BCUT2D eigenvalue weighted by Gasteiger charge is -2.30. The Balaban J connectivity index is 1.59.